The van der Waals surface area contributed by atoms with E-state index >= 15 is 0 Å². The van der Waals surface area contributed by atoms with Crippen LogP contribution in [0, 0.1) is 0 Å². The molecule has 21 heavy (non-hydrogen) atoms. The third kappa shape index (κ3) is 11.6. The molecule has 0 aliphatic carbocycles. The van der Waals surface area contributed by atoms with Crippen LogP contribution in [0.15, 0.2) is 36.8 Å². The molecule has 0 aromatic rings. The van der Waals surface area contributed by atoms with Crippen molar-refractivity contribution in [3.05, 3.63) is 36.8 Å². The van der Waals surface area contributed by atoms with E-state index in [4.69, 9.17) is 17.4 Å². The van der Waals surface area contributed by atoms with Crippen molar-refractivity contribution in [2.75, 3.05) is 21.3 Å². The molecule has 0 fully saturated rings. The fourth-order valence-corrected chi connectivity index (χ4v) is 8.44. The molecule has 0 aromatic heterocycles. The molecule has 0 atom stereocenters. The molecule has 0 heterocycles. The van der Waals surface area contributed by atoms with Gasteiger partial charge in [-0.25, -0.2) is 0 Å². The molecule has 0 amide bonds. The maximum atomic E-state index is 5.97. The van der Waals surface area contributed by atoms with Gasteiger partial charge in [0.15, 0.2) is 8.32 Å². The second-order valence-corrected chi connectivity index (χ2v) is 16.3. The van der Waals surface area contributed by atoms with E-state index in [1.165, 1.54) is 0 Å². The van der Waals surface area contributed by atoms with Gasteiger partial charge in [0, 0.05) is 42.4 Å². The van der Waals surface area contributed by atoms with Crippen LogP contribution in [0.25, 0.3) is 0 Å². The van der Waals surface area contributed by atoms with Crippen molar-refractivity contribution < 1.29 is 38.5 Å². The van der Waals surface area contributed by atoms with Crippen LogP contribution < -0.4 is 0 Å². The van der Waals surface area contributed by atoms with Crippen LogP contribution in [0.3, 0.4) is 0 Å². The van der Waals surface area contributed by atoms with E-state index < -0.39 is 25.4 Å². The maximum Gasteiger partial charge on any atom is 0.528 e. The number of rotatable bonds is 8. The molecule has 0 N–H and O–H groups in total. The van der Waals surface area contributed by atoms with Crippen LogP contribution in [0.4, 0.5) is 0 Å². The SMILES string of the molecule is C=C[Si](C)(C=C)O[Si](C)(C)C.C=C[Si](OC)(OC)OC.[Pt]. The average molecular weight is 530 g/mol. The van der Waals surface area contributed by atoms with E-state index in [1.807, 2.05) is 11.4 Å². The van der Waals surface area contributed by atoms with Gasteiger partial charge >= 0.3 is 8.80 Å². The molecule has 0 aromatic carbocycles. The predicted molar refractivity (Wildman–Crippen MR) is 93.4 cm³/mol. The van der Waals surface area contributed by atoms with E-state index in [1.54, 1.807) is 27.0 Å². The minimum Gasteiger partial charge on any atom is -0.450 e. The van der Waals surface area contributed by atoms with Crippen LogP contribution in [-0.2, 0) is 38.5 Å². The molecule has 0 spiro atoms. The number of hydrogen-bond donors (Lipinski definition) is 0. The summed E-state index contributed by atoms with van der Waals surface area (Å²) in [4.78, 5) is 0. The topological polar surface area (TPSA) is 36.9 Å². The summed E-state index contributed by atoms with van der Waals surface area (Å²) < 4.78 is 20.9. The van der Waals surface area contributed by atoms with Crippen molar-refractivity contribution >= 4 is 25.4 Å². The summed E-state index contributed by atoms with van der Waals surface area (Å²) in [7, 11) is -0.958. The first-order valence-corrected chi connectivity index (χ1v) is 14.1. The van der Waals surface area contributed by atoms with Crippen LogP contribution in [0.5, 0.6) is 0 Å². The Labute approximate surface area is 148 Å². The standard InChI is InChI=1S/C8H18OSi2.C5H12O3Si.Pt/c1-7-11(6,8-2)9-10(3,4)5;1-5-9(6-2,7-3)8-4;/h7-8H,1-2H2,3-6H3;5H,1H2,2-4H3;. The molecule has 8 heteroatoms. The Morgan fingerprint density at radius 3 is 1.10 bits per heavy atom. The summed E-state index contributed by atoms with van der Waals surface area (Å²) >= 11 is 0. The second-order valence-electron chi connectivity index (χ2n) is 5.23. The second kappa shape index (κ2) is 11.9. The van der Waals surface area contributed by atoms with Crippen LogP contribution >= 0.6 is 0 Å². The van der Waals surface area contributed by atoms with E-state index in [2.05, 4.69) is 45.9 Å². The zero-order valence-corrected chi connectivity index (χ0v) is 19.6. The fraction of sp³-hybridized carbons (Fsp3) is 0.538. The van der Waals surface area contributed by atoms with Gasteiger partial charge in [-0.05, 0) is 31.9 Å². The van der Waals surface area contributed by atoms with Crippen LogP contribution in [0.1, 0.15) is 0 Å². The largest absolute Gasteiger partial charge is 0.528 e. The van der Waals surface area contributed by atoms with Crippen molar-refractivity contribution in [2.24, 2.45) is 0 Å². The third-order valence-corrected chi connectivity index (χ3v) is 10.5. The van der Waals surface area contributed by atoms with Crippen LogP contribution in [0.2, 0.25) is 26.2 Å². The van der Waals surface area contributed by atoms with Crippen molar-refractivity contribution in [2.45, 2.75) is 26.2 Å². The molecular weight excluding hydrogens is 499 g/mol. The van der Waals surface area contributed by atoms with Gasteiger partial charge in [0.05, 0.1) is 0 Å². The third-order valence-electron chi connectivity index (χ3n) is 2.44. The minimum absolute atomic E-state index is 0. The molecule has 0 saturated carbocycles. The molecule has 0 radical (unpaired) electrons. The van der Waals surface area contributed by atoms with Gasteiger partial charge < -0.3 is 17.4 Å². The molecule has 0 aliphatic heterocycles. The normalized spacial score (nSPS) is 11.6. The molecule has 0 unspecified atom stereocenters. The molecule has 0 bridgehead atoms. The molecule has 0 rings (SSSR count). The van der Waals surface area contributed by atoms with Crippen molar-refractivity contribution in [1.82, 2.24) is 0 Å². The van der Waals surface area contributed by atoms with E-state index in [0.717, 1.165) is 0 Å². The van der Waals surface area contributed by atoms with Crippen molar-refractivity contribution in [3.63, 3.8) is 0 Å². The molecule has 128 valence electrons. The van der Waals surface area contributed by atoms with Gasteiger partial charge in [-0.1, -0.05) is 18.0 Å². The van der Waals surface area contributed by atoms with Gasteiger partial charge in [0.25, 0.3) is 0 Å². The first-order valence-electron chi connectivity index (χ1n) is 6.34. The maximum absolute atomic E-state index is 5.97. The first-order chi connectivity index (χ1) is 9.07. The summed E-state index contributed by atoms with van der Waals surface area (Å²) in [6, 6.07) is 0. The Balaban J connectivity index is -0.000000300. The Kier molecular flexibility index (Phi) is 14.9. The quantitative estimate of drug-likeness (QED) is 0.452. The van der Waals surface area contributed by atoms with Gasteiger partial charge in [-0.15, -0.1) is 13.2 Å². The Bertz CT molecular complexity index is 299. The Morgan fingerprint density at radius 1 is 0.714 bits per heavy atom. The molecule has 4 nitrogen and oxygen atoms in total. The first kappa shape index (κ1) is 26.3. The minimum atomic E-state index is -2.43. The number of hydrogen-bond acceptors (Lipinski definition) is 4. The summed E-state index contributed by atoms with van der Waals surface area (Å²) in [5.74, 6) is 0. The van der Waals surface area contributed by atoms with E-state index in [9.17, 15) is 0 Å². The van der Waals surface area contributed by atoms with Crippen molar-refractivity contribution in [1.29, 1.82) is 0 Å². The van der Waals surface area contributed by atoms with E-state index in [-0.39, 0.29) is 21.1 Å². The Morgan fingerprint density at radius 2 is 1.05 bits per heavy atom. The zero-order valence-electron chi connectivity index (χ0n) is 14.3. The Hall–Kier alpha value is 0.399. The van der Waals surface area contributed by atoms with Gasteiger partial charge in [-0.3, -0.25) is 0 Å². The van der Waals surface area contributed by atoms with Gasteiger partial charge in [0.2, 0.25) is 8.32 Å². The average Bonchev–Trinajstić information content (AvgIpc) is 2.41. The summed E-state index contributed by atoms with van der Waals surface area (Å²) in [5.41, 5.74) is 5.43. The van der Waals surface area contributed by atoms with Gasteiger partial charge in [-0.2, -0.15) is 0 Å². The van der Waals surface area contributed by atoms with Crippen molar-refractivity contribution in [3.8, 4) is 0 Å². The smallest absolute Gasteiger partial charge is 0.450 e. The summed E-state index contributed by atoms with van der Waals surface area (Å²) in [5, 5.41) is 0. The molecular formula is C13H30O4PtSi3. The zero-order chi connectivity index (χ0) is 16.4. The summed E-state index contributed by atoms with van der Waals surface area (Å²) in [6.07, 6.45) is 0. The fourth-order valence-electron chi connectivity index (χ4n) is 1.33. The van der Waals surface area contributed by atoms with Crippen LogP contribution in [-0.4, -0.2) is 46.8 Å². The predicted octanol–water partition coefficient (Wildman–Crippen LogP) is 3.45. The van der Waals surface area contributed by atoms with E-state index in [0.29, 0.717) is 0 Å². The monoisotopic (exact) mass is 529 g/mol. The molecule has 0 saturated heterocycles. The molecule has 0 aliphatic rings. The van der Waals surface area contributed by atoms with Gasteiger partial charge in [0.1, 0.15) is 0 Å². The summed E-state index contributed by atoms with van der Waals surface area (Å²) in [6.45, 7) is 19.8.